The zero-order valence-corrected chi connectivity index (χ0v) is 12.2. The first-order chi connectivity index (χ1) is 9.41. The first kappa shape index (κ1) is 16.2. The van der Waals surface area contributed by atoms with Crippen LogP contribution < -0.4 is 16.4 Å². The van der Waals surface area contributed by atoms with Crippen molar-refractivity contribution in [2.45, 2.75) is 32.9 Å². The molecule has 1 rings (SSSR count). The zero-order valence-electron chi connectivity index (χ0n) is 12.2. The second kappa shape index (κ2) is 7.65. The summed E-state index contributed by atoms with van der Waals surface area (Å²) in [7, 11) is 0. The molecule has 20 heavy (non-hydrogen) atoms. The van der Waals surface area contributed by atoms with Crippen LogP contribution in [-0.2, 0) is 9.59 Å². The maximum Gasteiger partial charge on any atom is 0.242 e. The van der Waals surface area contributed by atoms with Gasteiger partial charge in [-0.3, -0.25) is 9.59 Å². The molecule has 110 valence electrons. The molecule has 0 spiro atoms. The lowest BCUT2D eigenvalue weighted by atomic mass is 10.1. The van der Waals surface area contributed by atoms with Gasteiger partial charge in [0.1, 0.15) is 12.1 Å². The van der Waals surface area contributed by atoms with Gasteiger partial charge in [0.2, 0.25) is 11.8 Å². The van der Waals surface area contributed by atoms with Gasteiger partial charge in [0.05, 0.1) is 0 Å². The summed E-state index contributed by atoms with van der Waals surface area (Å²) in [5.41, 5.74) is 6.59. The molecule has 2 amide bonds. The molecule has 2 atom stereocenters. The molecule has 0 radical (unpaired) electrons. The van der Waals surface area contributed by atoms with E-state index in [0.29, 0.717) is 12.5 Å². The van der Waals surface area contributed by atoms with Gasteiger partial charge in [-0.2, -0.15) is 0 Å². The van der Waals surface area contributed by atoms with E-state index in [-0.39, 0.29) is 11.8 Å². The average molecular weight is 277 g/mol. The molecular weight excluding hydrogens is 254 g/mol. The van der Waals surface area contributed by atoms with Crippen LogP contribution in [0.3, 0.4) is 0 Å². The Labute approximate surface area is 119 Å². The molecule has 0 aliphatic heterocycles. The monoisotopic (exact) mass is 277 g/mol. The number of nitrogens with two attached hydrogens (primary N) is 1. The van der Waals surface area contributed by atoms with Gasteiger partial charge in [-0.05, 0) is 18.4 Å². The minimum Gasteiger partial charge on any atom is -0.354 e. The lowest BCUT2D eigenvalue weighted by molar-refractivity contribution is -0.129. The molecule has 1 unspecified atom stereocenters. The summed E-state index contributed by atoms with van der Waals surface area (Å²) in [5.74, 6) is -0.191. The molecule has 0 bridgehead atoms. The van der Waals surface area contributed by atoms with Crippen molar-refractivity contribution in [3.63, 3.8) is 0 Å². The van der Waals surface area contributed by atoms with Crippen LogP contribution in [0.4, 0.5) is 0 Å². The van der Waals surface area contributed by atoms with Crippen molar-refractivity contribution >= 4 is 11.8 Å². The van der Waals surface area contributed by atoms with E-state index in [1.807, 2.05) is 32.0 Å². The summed E-state index contributed by atoms with van der Waals surface area (Å²) < 4.78 is 0. The van der Waals surface area contributed by atoms with Crippen LogP contribution in [0.15, 0.2) is 30.3 Å². The van der Waals surface area contributed by atoms with Gasteiger partial charge in [-0.25, -0.2) is 0 Å². The third kappa shape index (κ3) is 5.01. The number of carbonyl (C=O) groups is 2. The Hall–Kier alpha value is -1.88. The predicted molar refractivity (Wildman–Crippen MR) is 78.8 cm³/mol. The Morgan fingerprint density at radius 3 is 2.25 bits per heavy atom. The van der Waals surface area contributed by atoms with Crippen molar-refractivity contribution in [2.75, 3.05) is 6.54 Å². The highest BCUT2D eigenvalue weighted by atomic mass is 16.2. The molecular formula is C15H23N3O2. The number of hydrogen-bond acceptors (Lipinski definition) is 3. The SMILES string of the molecule is CC(C)CNC(=O)C(C)NC(=O)[C@H](N)c1ccccc1. The highest BCUT2D eigenvalue weighted by Gasteiger charge is 2.20. The van der Waals surface area contributed by atoms with Crippen LogP contribution in [0.5, 0.6) is 0 Å². The van der Waals surface area contributed by atoms with E-state index in [4.69, 9.17) is 5.73 Å². The molecule has 5 nitrogen and oxygen atoms in total. The van der Waals surface area contributed by atoms with E-state index in [0.717, 1.165) is 5.56 Å². The fourth-order valence-corrected chi connectivity index (χ4v) is 1.64. The Morgan fingerprint density at radius 1 is 1.10 bits per heavy atom. The first-order valence-electron chi connectivity index (χ1n) is 6.80. The molecule has 1 aromatic carbocycles. The van der Waals surface area contributed by atoms with Crippen LogP contribution >= 0.6 is 0 Å². The van der Waals surface area contributed by atoms with E-state index in [2.05, 4.69) is 10.6 Å². The lowest BCUT2D eigenvalue weighted by Crippen LogP contribution is -2.48. The number of rotatable bonds is 6. The Bertz CT molecular complexity index is 446. The molecule has 0 aliphatic carbocycles. The van der Waals surface area contributed by atoms with Gasteiger partial charge in [-0.15, -0.1) is 0 Å². The second-order valence-electron chi connectivity index (χ2n) is 5.26. The highest BCUT2D eigenvalue weighted by Crippen LogP contribution is 2.09. The van der Waals surface area contributed by atoms with Crippen LogP contribution in [0.2, 0.25) is 0 Å². The van der Waals surface area contributed by atoms with Crippen LogP contribution in [0.1, 0.15) is 32.4 Å². The fourth-order valence-electron chi connectivity index (χ4n) is 1.64. The van der Waals surface area contributed by atoms with Gasteiger partial charge in [-0.1, -0.05) is 44.2 Å². The number of carbonyl (C=O) groups excluding carboxylic acids is 2. The van der Waals surface area contributed by atoms with Crippen molar-refractivity contribution in [1.29, 1.82) is 0 Å². The predicted octanol–water partition coefficient (Wildman–Crippen LogP) is 0.963. The Balaban J connectivity index is 2.51. The van der Waals surface area contributed by atoms with E-state index >= 15 is 0 Å². The molecule has 4 N–H and O–H groups in total. The van der Waals surface area contributed by atoms with Crippen molar-refractivity contribution in [1.82, 2.24) is 10.6 Å². The maximum absolute atomic E-state index is 12.0. The van der Waals surface area contributed by atoms with E-state index in [1.54, 1.807) is 19.1 Å². The average Bonchev–Trinajstić information content (AvgIpc) is 2.44. The molecule has 0 heterocycles. The summed E-state index contributed by atoms with van der Waals surface area (Å²) >= 11 is 0. The van der Waals surface area contributed by atoms with Gasteiger partial charge in [0, 0.05) is 6.54 Å². The van der Waals surface area contributed by atoms with Gasteiger partial charge in [0.15, 0.2) is 0 Å². The minimum atomic E-state index is -0.767. The molecule has 0 aromatic heterocycles. The quantitative estimate of drug-likeness (QED) is 0.724. The van der Waals surface area contributed by atoms with Crippen molar-refractivity contribution in [3.05, 3.63) is 35.9 Å². The fraction of sp³-hybridized carbons (Fsp3) is 0.467. The Morgan fingerprint density at radius 2 is 1.70 bits per heavy atom. The molecule has 0 saturated carbocycles. The van der Waals surface area contributed by atoms with Gasteiger partial charge >= 0.3 is 0 Å². The third-order valence-corrected chi connectivity index (χ3v) is 2.88. The van der Waals surface area contributed by atoms with Crippen molar-refractivity contribution < 1.29 is 9.59 Å². The highest BCUT2D eigenvalue weighted by molar-refractivity contribution is 5.89. The topological polar surface area (TPSA) is 84.2 Å². The van der Waals surface area contributed by atoms with Crippen LogP contribution in [0, 0.1) is 5.92 Å². The number of amides is 2. The summed E-state index contributed by atoms with van der Waals surface area (Å²) in [6, 6.07) is 7.70. The van der Waals surface area contributed by atoms with E-state index in [9.17, 15) is 9.59 Å². The third-order valence-electron chi connectivity index (χ3n) is 2.88. The molecule has 1 aromatic rings. The standard InChI is InChI=1S/C15H23N3O2/c1-10(2)9-17-14(19)11(3)18-15(20)13(16)12-7-5-4-6-8-12/h4-8,10-11,13H,9,16H2,1-3H3,(H,17,19)(H,18,20)/t11?,13-/m1/s1. The summed E-state index contributed by atoms with van der Waals surface area (Å²) in [6.07, 6.45) is 0. The normalized spacial score (nSPS) is 13.7. The zero-order chi connectivity index (χ0) is 15.1. The molecule has 0 aliphatic rings. The number of benzene rings is 1. The largest absolute Gasteiger partial charge is 0.354 e. The molecule has 5 heteroatoms. The van der Waals surface area contributed by atoms with Crippen molar-refractivity contribution in [2.24, 2.45) is 11.7 Å². The van der Waals surface area contributed by atoms with Crippen LogP contribution in [0.25, 0.3) is 0 Å². The maximum atomic E-state index is 12.0. The van der Waals surface area contributed by atoms with Gasteiger partial charge in [0.25, 0.3) is 0 Å². The smallest absolute Gasteiger partial charge is 0.242 e. The number of nitrogens with one attached hydrogen (secondary N) is 2. The van der Waals surface area contributed by atoms with E-state index in [1.165, 1.54) is 0 Å². The number of hydrogen-bond donors (Lipinski definition) is 3. The van der Waals surface area contributed by atoms with Crippen LogP contribution in [-0.4, -0.2) is 24.4 Å². The Kier molecular flexibility index (Phi) is 6.18. The lowest BCUT2D eigenvalue weighted by Gasteiger charge is -2.18. The first-order valence-corrected chi connectivity index (χ1v) is 6.80. The van der Waals surface area contributed by atoms with Gasteiger partial charge < -0.3 is 16.4 Å². The second-order valence-corrected chi connectivity index (χ2v) is 5.26. The van der Waals surface area contributed by atoms with E-state index < -0.39 is 12.1 Å². The summed E-state index contributed by atoms with van der Waals surface area (Å²) in [6.45, 7) is 6.25. The minimum absolute atomic E-state index is 0.202. The van der Waals surface area contributed by atoms with Crippen molar-refractivity contribution in [3.8, 4) is 0 Å². The molecule has 0 saturated heterocycles. The molecule has 0 fully saturated rings. The summed E-state index contributed by atoms with van der Waals surface area (Å²) in [5, 5.41) is 5.40. The summed E-state index contributed by atoms with van der Waals surface area (Å²) in [4.78, 5) is 23.8.